The van der Waals surface area contributed by atoms with E-state index in [-0.39, 0.29) is 21.3 Å². The van der Waals surface area contributed by atoms with Gasteiger partial charge in [-0.25, -0.2) is 13.5 Å². The summed E-state index contributed by atoms with van der Waals surface area (Å²) in [6.45, 7) is 0. The summed E-state index contributed by atoms with van der Waals surface area (Å²) in [5.41, 5.74) is 5.10. The Hall–Kier alpha value is -1.53. The largest absolute Gasteiger partial charge is 0.389 e. The quantitative estimate of drug-likeness (QED) is 0.855. The molecule has 0 aliphatic heterocycles. The predicted octanol–water partition coefficient (Wildman–Crippen LogP) is 2.44. The summed E-state index contributed by atoms with van der Waals surface area (Å²) in [7, 11) is 0. The van der Waals surface area contributed by atoms with Gasteiger partial charge < -0.3 is 5.73 Å². The molecule has 0 fully saturated rings. The molecule has 0 spiro atoms. The zero-order valence-corrected chi connectivity index (χ0v) is 9.90. The molecule has 7 heteroatoms. The molecule has 0 aliphatic carbocycles. The Kier molecular flexibility index (Phi) is 3.08. The van der Waals surface area contributed by atoms with E-state index in [2.05, 4.69) is 17.3 Å². The zero-order chi connectivity index (χ0) is 12.6. The van der Waals surface area contributed by atoms with Crippen LogP contribution in [-0.2, 0) is 0 Å². The Morgan fingerprint density at radius 1 is 1.35 bits per heavy atom. The molecule has 3 nitrogen and oxygen atoms in total. The number of hydrogen-bond acceptors (Lipinski definition) is 2. The van der Waals surface area contributed by atoms with Crippen LogP contribution in [0.15, 0.2) is 24.5 Å². The maximum atomic E-state index is 13.7. The van der Waals surface area contributed by atoms with Crippen molar-refractivity contribution < 1.29 is 8.78 Å². The average molecular weight is 274 g/mol. The minimum atomic E-state index is -0.812. The van der Waals surface area contributed by atoms with E-state index in [1.165, 1.54) is 12.4 Å². The monoisotopic (exact) mass is 273 g/mol. The van der Waals surface area contributed by atoms with Crippen molar-refractivity contribution in [3.63, 3.8) is 0 Å². The summed E-state index contributed by atoms with van der Waals surface area (Å²) in [6, 6.07) is 2.10. The molecule has 2 aromatic rings. The van der Waals surface area contributed by atoms with E-state index < -0.39 is 11.6 Å². The lowest BCUT2D eigenvalue weighted by atomic mass is 10.2. The van der Waals surface area contributed by atoms with Gasteiger partial charge in [-0.3, -0.25) is 0 Å². The topological polar surface area (TPSA) is 43.8 Å². The molecule has 0 saturated heterocycles. The van der Waals surface area contributed by atoms with Gasteiger partial charge in [0.25, 0.3) is 0 Å². The standard InChI is InChI=1S/C10H6ClF2N3S/c11-6-3-15-16(4-6)9-7(12)1-5(10(14)17)2-8(9)13/h1-4H,(H2,14,17). The molecule has 0 unspecified atom stereocenters. The van der Waals surface area contributed by atoms with E-state index in [1.54, 1.807) is 0 Å². The highest BCUT2D eigenvalue weighted by Gasteiger charge is 2.15. The normalized spacial score (nSPS) is 10.5. The van der Waals surface area contributed by atoms with Gasteiger partial charge in [-0.1, -0.05) is 23.8 Å². The highest BCUT2D eigenvalue weighted by atomic mass is 35.5. The Labute approximate surface area is 106 Å². The van der Waals surface area contributed by atoms with Crippen molar-refractivity contribution in [1.29, 1.82) is 0 Å². The number of benzene rings is 1. The van der Waals surface area contributed by atoms with Gasteiger partial charge in [0.05, 0.1) is 11.2 Å². The van der Waals surface area contributed by atoms with E-state index >= 15 is 0 Å². The number of nitrogens with zero attached hydrogens (tertiary/aromatic N) is 2. The highest BCUT2D eigenvalue weighted by molar-refractivity contribution is 7.80. The molecule has 0 bridgehead atoms. The van der Waals surface area contributed by atoms with Crippen LogP contribution in [0.25, 0.3) is 5.69 Å². The maximum Gasteiger partial charge on any atom is 0.152 e. The van der Waals surface area contributed by atoms with Crippen LogP contribution in [0.2, 0.25) is 5.02 Å². The first-order valence-electron chi connectivity index (χ1n) is 4.48. The summed E-state index contributed by atoms with van der Waals surface area (Å²) in [4.78, 5) is -0.0761. The second kappa shape index (κ2) is 4.38. The van der Waals surface area contributed by atoms with Crippen LogP contribution in [0.5, 0.6) is 0 Å². The lowest BCUT2D eigenvalue weighted by molar-refractivity contribution is 0.559. The number of aromatic nitrogens is 2. The summed E-state index contributed by atoms with van der Waals surface area (Å²) in [6.07, 6.45) is 2.57. The average Bonchev–Trinajstić information content (AvgIpc) is 2.63. The third-order valence-corrected chi connectivity index (χ3v) is 2.51. The highest BCUT2D eigenvalue weighted by Crippen LogP contribution is 2.20. The number of thiocarbonyl (C=S) groups is 1. The summed E-state index contributed by atoms with van der Waals surface area (Å²) >= 11 is 10.3. The molecule has 17 heavy (non-hydrogen) atoms. The second-order valence-corrected chi connectivity index (χ2v) is 4.13. The third-order valence-electron chi connectivity index (χ3n) is 2.08. The first-order valence-corrected chi connectivity index (χ1v) is 5.27. The molecule has 0 atom stereocenters. The van der Waals surface area contributed by atoms with Crippen molar-refractivity contribution in [3.8, 4) is 5.69 Å². The predicted molar refractivity (Wildman–Crippen MR) is 64.4 cm³/mol. The number of halogens is 3. The van der Waals surface area contributed by atoms with Gasteiger partial charge in [0.1, 0.15) is 10.7 Å². The van der Waals surface area contributed by atoms with E-state index in [4.69, 9.17) is 17.3 Å². The van der Waals surface area contributed by atoms with E-state index in [0.717, 1.165) is 16.8 Å². The lowest BCUT2D eigenvalue weighted by Crippen LogP contribution is -2.12. The van der Waals surface area contributed by atoms with E-state index in [0.29, 0.717) is 0 Å². The molecular weight excluding hydrogens is 268 g/mol. The fraction of sp³-hybridized carbons (Fsp3) is 0. The fourth-order valence-electron chi connectivity index (χ4n) is 1.35. The van der Waals surface area contributed by atoms with Crippen molar-refractivity contribution in [2.75, 3.05) is 0 Å². The Morgan fingerprint density at radius 2 is 1.94 bits per heavy atom. The zero-order valence-electron chi connectivity index (χ0n) is 8.32. The molecule has 0 saturated carbocycles. The minimum absolute atomic E-state index is 0.0761. The number of rotatable bonds is 2. The number of nitrogens with two attached hydrogens (primary N) is 1. The minimum Gasteiger partial charge on any atom is -0.389 e. The second-order valence-electron chi connectivity index (χ2n) is 3.26. The summed E-state index contributed by atoms with van der Waals surface area (Å²) in [5.74, 6) is -1.62. The van der Waals surface area contributed by atoms with Gasteiger partial charge in [-0.2, -0.15) is 5.10 Å². The maximum absolute atomic E-state index is 13.7. The molecule has 88 valence electrons. The molecule has 1 aromatic carbocycles. The van der Waals surface area contributed by atoms with Crippen LogP contribution in [0.3, 0.4) is 0 Å². The van der Waals surface area contributed by atoms with Gasteiger partial charge in [0, 0.05) is 11.8 Å². The lowest BCUT2D eigenvalue weighted by Gasteiger charge is -2.07. The molecule has 0 radical (unpaired) electrons. The van der Waals surface area contributed by atoms with Crippen molar-refractivity contribution in [2.24, 2.45) is 5.73 Å². The smallest absolute Gasteiger partial charge is 0.152 e. The van der Waals surface area contributed by atoms with Gasteiger partial charge in [0.2, 0.25) is 0 Å². The molecule has 1 heterocycles. The molecule has 0 amide bonds. The number of hydrogen-bond donors (Lipinski definition) is 1. The fourth-order valence-corrected chi connectivity index (χ4v) is 1.60. The van der Waals surface area contributed by atoms with Gasteiger partial charge in [-0.15, -0.1) is 0 Å². The van der Waals surface area contributed by atoms with Crippen LogP contribution in [0.1, 0.15) is 5.56 Å². The van der Waals surface area contributed by atoms with Crippen molar-refractivity contribution in [2.45, 2.75) is 0 Å². The molecule has 2 N–H and O–H groups in total. The van der Waals surface area contributed by atoms with Crippen LogP contribution in [0, 0.1) is 11.6 Å². The van der Waals surface area contributed by atoms with Crippen LogP contribution < -0.4 is 5.73 Å². The van der Waals surface area contributed by atoms with Crippen LogP contribution >= 0.6 is 23.8 Å². The molecule has 2 rings (SSSR count). The van der Waals surface area contributed by atoms with Gasteiger partial charge in [0.15, 0.2) is 11.6 Å². The molecule has 1 aromatic heterocycles. The Balaban J connectivity index is 2.60. The Morgan fingerprint density at radius 3 is 2.35 bits per heavy atom. The first-order chi connectivity index (χ1) is 7.99. The van der Waals surface area contributed by atoms with Crippen molar-refractivity contribution >= 4 is 28.8 Å². The summed E-state index contributed by atoms with van der Waals surface area (Å²) in [5, 5.41) is 4.00. The first kappa shape index (κ1) is 11.9. The Bertz CT molecular complexity index is 574. The van der Waals surface area contributed by atoms with E-state index in [9.17, 15) is 8.78 Å². The summed E-state index contributed by atoms with van der Waals surface area (Å²) < 4.78 is 28.4. The van der Waals surface area contributed by atoms with Gasteiger partial charge >= 0.3 is 0 Å². The third kappa shape index (κ3) is 2.27. The van der Waals surface area contributed by atoms with Crippen molar-refractivity contribution in [3.05, 3.63) is 46.7 Å². The van der Waals surface area contributed by atoms with Crippen molar-refractivity contribution in [1.82, 2.24) is 9.78 Å². The SMILES string of the molecule is NC(=S)c1cc(F)c(-n2cc(Cl)cn2)c(F)c1. The van der Waals surface area contributed by atoms with Crippen LogP contribution in [0.4, 0.5) is 8.78 Å². The van der Waals surface area contributed by atoms with E-state index in [1.807, 2.05) is 0 Å². The van der Waals surface area contributed by atoms with Gasteiger partial charge in [-0.05, 0) is 12.1 Å². The molecule has 0 aliphatic rings. The molecular formula is C10H6ClF2N3S. The van der Waals surface area contributed by atoms with Crippen LogP contribution in [-0.4, -0.2) is 14.8 Å².